The highest BCUT2D eigenvalue weighted by atomic mass is 19.1. The van der Waals surface area contributed by atoms with Gasteiger partial charge in [0.05, 0.1) is 13.2 Å². The number of nitriles is 1. The highest BCUT2D eigenvalue weighted by molar-refractivity contribution is 5.43. The van der Waals surface area contributed by atoms with E-state index in [1.54, 1.807) is 0 Å². The third kappa shape index (κ3) is 3.07. The highest BCUT2D eigenvalue weighted by Crippen LogP contribution is 2.36. The van der Waals surface area contributed by atoms with Crippen LogP contribution < -0.4 is 4.74 Å². The Morgan fingerprint density at radius 3 is 2.88 bits per heavy atom. The van der Waals surface area contributed by atoms with Gasteiger partial charge in [-0.05, 0) is 12.1 Å². The van der Waals surface area contributed by atoms with Crippen molar-refractivity contribution < 1.29 is 13.9 Å². The van der Waals surface area contributed by atoms with E-state index in [1.807, 2.05) is 36.4 Å². The van der Waals surface area contributed by atoms with Crippen LogP contribution in [0.2, 0.25) is 0 Å². The average Bonchev–Trinajstić information content (AvgIpc) is 3.10. The Hall–Kier alpha value is -3.24. The number of fused-ring (bicyclic) bond motifs is 1. The van der Waals surface area contributed by atoms with E-state index in [0.717, 1.165) is 5.56 Å². The van der Waals surface area contributed by atoms with Crippen LogP contribution in [0.1, 0.15) is 28.8 Å². The molecule has 0 fully saturated rings. The fourth-order valence-electron chi connectivity index (χ4n) is 2.77. The molecular formula is C18H13FN4O2. The van der Waals surface area contributed by atoms with Crippen LogP contribution in [0, 0.1) is 17.1 Å². The third-order valence-electron chi connectivity index (χ3n) is 3.86. The maximum Gasteiger partial charge on any atom is 0.252 e. The van der Waals surface area contributed by atoms with E-state index in [9.17, 15) is 4.39 Å². The lowest BCUT2D eigenvalue weighted by Crippen LogP contribution is -2.20. The molecule has 0 saturated carbocycles. The molecule has 7 heteroatoms. The second-order valence-electron chi connectivity index (χ2n) is 5.60. The molecule has 0 aliphatic carbocycles. The fourth-order valence-corrected chi connectivity index (χ4v) is 2.77. The van der Waals surface area contributed by atoms with E-state index in [4.69, 9.17) is 14.7 Å². The van der Waals surface area contributed by atoms with Crippen LogP contribution in [-0.2, 0) is 17.9 Å². The Labute approximate surface area is 143 Å². The lowest BCUT2D eigenvalue weighted by Gasteiger charge is -2.28. The number of nitrogens with zero attached hydrogens (tertiary/aromatic N) is 4. The predicted octanol–water partition coefficient (Wildman–Crippen LogP) is 2.94. The van der Waals surface area contributed by atoms with Crippen molar-refractivity contribution in [3.05, 3.63) is 77.1 Å². The van der Waals surface area contributed by atoms with Crippen molar-refractivity contribution in [2.45, 2.75) is 19.4 Å². The lowest BCUT2D eigenvalue weighted by molar-refractivity contribution is -0.112. The molecule has 4 rings (SSSR count). The van der Waals surface area contributed by atoms with Crippen LogP contribution >= 0.6 is 0 Å². The van der Waals surface area contributed by atoms with Gasteiger partial charge in [0.25, 0.3) is 5.82 Å². The molecule has 6 nitrogen and oxygen atoms in total. The van der Waals surface area contributed by atoms with Gasteiger partial charge in [0.2, 0.25) is 6.29 Å². The summed E-state index contributed by atoms with van der Waals surface area (Å²) in [4.78, 5) is 3.86. The van der Waals surface area contributed by atoms with Crippen LogP contribution in [0.15, 0.2) is 48.8 Å². The molecule has 0 spiro atoms. The second-order valence-corrected chi connectivity index (χ2v) is 5.60. The van der Waals surface area contributed by atoms with E-state index in [0.29, 0.717) is 16.9 Å². The van der Waals surface area contributed by atoms with E-state index in [-0.39, 0.29) is 24.8 Å². The van der Waals surface area contributed by atoms with E-state index < -0.39 is 6.29 Å². The molecular weight excluding hydrogens is 323 g/mol. The Morgan fingerprint density at radius 1 is 1.28 bits per heavy atom. The summed E-state index contributed by atoms with van der Waals surface area (Å²) in [6.45, 7) is 0.497. The minimum atomic E-state index is -0.552. The Kier molecular flexibility index (Phi) is 3.88. The largest absolute Gasteiger partial charge is 0.460 e. The number of hydrogen-bond donors (Lipinski definition) is 0. The number of benzene rings is 2. The maximum absolute atomic E-state index is 13.9. The third-order valence-corrected chi connectivity index (χ3v) is 3.86. The minimum Gasteiger partial charge on any atom is -0.460 e. The highest BCUT2D eigenvalue weighted by Gasteiger charge is 2.25. The van der Waals surface area contributed by atoms with Gasteiger partial charge in [0.1, 0.15) is 24.0 Å². The van der Waals surface area contributed by atoms with Crippen molar-refractivity contribution in [1.29, 1.82) is 5.26 Å². The van der Waals surface area contributed by atoms with Crippen molar-refractivity contribution in [3.8, 4) is 11.8 Å². The molecule has 0 amide bonds. The van der Waals surface area contributed by atoms with Crippen LogP contribution in [0.3, 0.4) is 0 Å². The van der Waals surface area contributed by atoms with Crippen molar-refractivity contribution in [2.24, 2.45) is 0 Å². The summed E-state index contributed by atoms with van der Waals surface area (Å²) in [6.07, 6.45) is 0.882. The van der Waals surface area contributed by atoms with Crippen molar-refractivity contribution >= 4 is 0 Å². The molecule has 1 aliphatic rings. The molecule has 0 saturated heterocycles. The summed E-state index contributed by atoms with van der Waals surface area (Å²) in [7, 11) is 0. The molecule has 2 aromatic carbocycles. The quantitative estimate of drug-likeness (QED) is 0.735. The van der Waals surface area contributed by atoms with Crippen LogP contribution in [0.25, 0.3) is 0 Å². The first-order chi connectivity index (χ1) is 12.2. The zero-order valence-electron chi connectivity index (χ0n) is 13.1. The monoisotopic (exact) mass is 336 g/mol. The zero-order valence-corrected chi connectivity index (χ0v) is 13.1. The van der Waals surface area contributed by atoms with Crippen molar-refractivity contribution in [3.63, 3.8) is 0 Å². The molecule has 0 radical (unpaired) electrons. The summed E-state index contributed by atoms with van der Waals surface area (Å²) in [6, 6.07) is 14.2. The van der Waals surface area contributed by atoms with E-state index >= 15 is 0 Å². The molecule has 0 N–H and O–H groups in total. The molecule has 1 unspecified atom stereocenters. The van der Waals surface area contributed by atoms with E-state index in [2.05, 4.69) is 10.1 Å². The maximum atomic E-state index is 13.9. The average molecular weight is 336 g/mol. The molecule has 25 heavy (non-hydrogen) atoms. The molecule has 2 heterocycles. The fraction of sp³-hybridized carbons (Fsp3) is 0.167. The molecule has 1 atom stereocenters. The van der Waals surface area contributed by atoms with Gasteiger partial charge in [0.15, 0.2) is 0 Å². The topological polar surface area (TPSA) is 73.0 Å². The first kappa shape index (κ1) is 15.3. The smallest absolute Gasteiger partial charge is 0.252 e. The van der Waals surface area contributed by atoms with Gasteiger partial charge in [-0.1, -0.05) is 30.3 Å². The predicted molar refractivity (Wildman–Crippen MR) is 84.8 cm³/mol. The Morgan fingerprint density at radius 2 is 2.12 bits per heavy atom. The minimum absolute atomic E-state index is 0.0664. The molecule has 124 valence electrons. The van der Waals surface area contributed by atoms with Gasteiger partial charge < -0.3 is 9.47 Å². The standard InChI is InChI=1S/C18H13FN4O2/c19-15-6-13(9-23-11-21-16(8-20)22-23)17-14(7-15)10-24-18(25-17)12-4-2-1-3-5-12/h1-7,11,18H,9-10H2. The van der Waals surface area contributed by atoms with Crippen molar-refractivity contribution in [1.82, 2.24) is 14.8 Å². The number of hydrogen-bond acceptors (Lipinski definition) is 5. The first-order valence-corrected chi connectivity index (χ1v) is 7.67. The molecule has 0 bridgehead atoms. The number of aromatic nitrogens is 3. The number of ether oxygens (including phenoxy) is 2. The van der Waals surface area contributed by atoms with Crippen LogP contribution in [0.5, 0.6) is 5.75 Å². The molecule has 1 aliphatic heterocycles. The summed E-state index contributed by atoms with van der Waals surface area (Å²) in [5.74, 6) is 0.270. The lowest BCUT2D eigenvalue weighted by atomic mass is 10.1. The molecule has 3 aromatic rings. The SMILES string of the molecule is N#Cc1ncn(Cc2cc(F)cc3c2OC(c2ccccc2)OC3)n1. The summed E-state index contributed by atoms with van der Waals surface area (Å²) >= 11 is 0. The first-order valence-electron chi connectivity index (χ1n) is 7.67. The number of rotatable bonds is 3. The summed E-state index contributed by atoms with van der Waals surface area (Å²) in [5.41, 5.74) is 2.15. The summed E-state index contributed by atoms with van der Waals surface area (Å²) in [5, 5.41) is 12.8. The number of halogens is 1. The van der Waals surface area contributed by atoms with Gasteiger partial charge in [-0.3, -0.25) is 0 Å². The van der Waals surface area contributed by atoms with Gasteiger partial charge in [-0.15, -0.1) is 5.10 Å². The van der Waals surface area contributed by atoms with E-state index in [1.165, 1.54) is 23.1 Å². The van der Waals surface area contributed by atoms with Gasteiger partial charge in [0, 0.05) is 16.7 Å². The van der Waals surface area contributed by atoms with Gasteiger partial charge in [-0.25, -0.2) is 14.1 Å². The normalized spacial score (nSPS) is 15.9. The summed E-state index contributed by atoms with van der Waals surface area (Å²) < 4.78 is 27.1. The van der Waals surface area contributed by atoms with Crippen LogP contribution in [-0.4, -0.2) is 14.8 Å². The zero-order chi connectivity index (χ0) is 17.2. The van der Waals surface area contributed by atoms with Crippen molar-refractivity contribution in [2.75, 3.05) is 0 Å². The van der Waals surface area contributed by atoms with Gasteiger partial charge in [-0.2, -0.15) is 5.26 Å². The second kappa shape index (κ2) is 6.34. The Balaban J connectivity index is 1.67. The van der Waals surface area contributed by atoms with Crippen LogP contribution in [0.4, 0.5) is 4.39 Å². The molecule has 1 aromatic heterocycles. The van der Waals surface area contributed by atoms with Gasteiger partial charge >= 0.3 is 0 Å². The Bertz CT molecular complexity index is 949.